The Morgan fingerprint density at radius 1 is 1.00 bits per heavy atom. The lowest BCUT2D eigenvalue weighted by Gasteiger charge is -2.10. The van der Waals surface area contributed by atoms with E-state index in [2.05, 4.69) is 20.9 Å². The molecule has 0 aliphatic carbocycles. The summed E-state index contributed by atoms with van der Waals surface area (Å²) in [6.07, 6.45) is 1.49. The van der Waals surface area contributed by atoms with Gasteiger partial charge in [-0.15, -0.1) is 0 Å². The molecule has 0 spiro atoms. The van der Waals surface area contributed by atoms with Crippen molar-refractivity contribution in [1.29, 1.82) is 0 Å². The van der Waals surface area contributed by atoms with E-state index in [1.54, 1.807) is 28.8 Å². The van der Waals surface area contributed by atoms with Crippen molar-refractivity contribution in [2.75, 3.05) is 0 Å². The largest absolute Gasteiger partial charge is 0.298 e. The molecule has 0 bridgehead atoms. The summed E-state index contributed by atoms with van der Waals surface area (Å²) >= 11 is 9.10. The second-order valence-electron chi connectivity index (χ2n) is 4.33. The van der Waals surface area contributed by atoms with Crippen molar-refractivity contribution in [2.45, 2.75) is 0 Å². The maximum absolute atomic E-state index is 14.0. The summed E-state index contributed by atoms with van der Waals surface area (Å²) in [4.78, 5) is 4.09. The second-order valence-corrected chi connectivity index (χ2v) is 5.51. The molecule has 2 nitrogen and oxygen atoms in total. The van der Waals surface area contributed by atoms with Crippen LogP contribution in [0.5, 0.6) is 0 Å². The smallest absolute Gasteiger partial charge is 0.135 e. The van der Waals surface area contributed by atoms with Gasteiger partial charge < -0.3 is 0 Å². The zero-order valence-electron chi connectivity index (χ0n) is 10.5. The number of hydrogen-bond acceptors (Lipinski definition) is 1. The van der Waals surface area contributed by atoms with Gasteiger partial charge in [-0.05, 0) is 52.3 Å². The molecule has 0 saturated heterocycles. The van der Waals surface area contributed by atoms with Crippen LogP contribution in [0.3, 0.4) is 0 Å². The van der Waals surface area contributed by atoms with E-state index >= 15 is 0 Å². The van der Waals surface area contributed by atoms with Gasteiger partial charge in [-0.3, -0.25) is 4.57 Å². The van der Waals surface area contributed by atoms with Gasteiger partial charge >= 0.3 is 0 Å². The number of benzene rings is 2. The summed E-state index contributed by atoms with van der Waals surface area (Å²) < 4.78 is 30.0. The number of rotatable bonds is 2. The van der Waals surface area contributed by atoms with E-state index in [0.717, 1.165) is 0 Å². The fraction of sp³-hybridized carbons (Fsp3) is 0. The third kappa shape index (κ3) is 2.59. The minimum absolute atomic E-state index is 0.128. The Labute approximate surface area is 133 Å². The van der Waals surface area contributed by atoms with Crippen molar-refractivity contribution < 1.29 is 8.78 Å². The summed E-state index contributed by atoms with van der Waals surface area (Å²) in [5, 5.41) is 0.580. The minimum atomic E-state index is -0.647. The summed E-state index contributed by atoms with van der Waals surface area (Å²) in [6.45, 7) is 0. The van der Waals surface area contributed by atoms with Gasteiger partial charge in [0, 0.05) is 10.7 Å². The number of halogens is 4. The van der Waals surface area contributed by atoms with Crippen LogP contribution in [-0.2, 0) is 0 Å². The first-order valence-corrected chi connectivity index (χ1v) is 7.18. The van der Waals surface area contributed by atoms with Crippen molar-refractivity contribution in [1.82, 2.24) is 9.55 Å². The molecule has 0 amide bonds. The summed E-state index contributed by atoms with van der Waals surface area (Å²) in [7, 11) is 0. The maximum Gasteiger partial charge on any atom is 0.135 e. The number of aromatic nitrogens is 2. The SMILES string of the molecule is Fc1cccc(F)c1-c1c(Br)ncn1-c1ccc(Cl)cc1. The van der Waals surface area contributed by atoms with Gasteiger partial charge in [0.2, 0.25) is 0 Å². The molecule has 3 rings (SSSR count). The molecule has 106 valence electrons. The molecule has 0 fully saturated rings. The fourth-order valence-corrected chi connectivity index (χ4v) is 2.68. The Morgan fingerprint density at radius 3 is 2.24 bits per heavy atom. The standard InChI is InChI=1S/C15H8BrClF2N2/c16-15-14(13-11(18)2-1-3-12(13)19)21(8-20-15)10-6-4-9(17)5-7-10/h1-8H. The Balaban J connectivity index is 2.25. The summed E-state index contributed by atoms with van der Waals surface area (Å²) in [6, 6.07) is 10.6. The molecule has 0 radical (unpaired) electrons. The highest BCUT2D eigenvalue weighted by Crippen LogP contribution is 2.33. The maximum atomic E-state index is 14.0. The number of hydrogen-bond donors (Lipinski definition) is 0. The molecule has 0 aliphatic heterocycles. The van der Waals surface area contributed by atoms with Crippen molar-refractivity contribution in [2.24, 2.45) is 0 Å². The first kappa shape index (κ1) is 14.2. The lowest BCUT2D eigenvalue weighted by atomic mass is 10.1. The Kier molecular flexibility index (Phi) is 3.78. The van der Waals surface area contributed by atoms with Gasteiger partial charge in [0.25, 0.3) is 0 Å². The highest BCUT2D eigenvalue weighted by Gasteiger charge is 2.19. The Bertz CT molecular complexity index is 780. The second kappa shape index (κ2) is 5.58. The lowest BCUT2D eigenvalue weighted by molar-refractivity contribution is 0.588. The molecule has 6 heteroatoms. The monoisotopic (exact) mass is 368 g/mol. The van der Waals surface area contributed by atoms with Crippen molar-refractivity contribution >= 4 is 27.5 Å². The Hall–Kier alpha value is -1.72. The molecule has 0 N–H and O–H groups in total. The predicted molar refractivity (Wildman–Crippen MR) is 81.6 cm³/mol. The van der Waals surface area contributed by atoms with Gasteiger partial charge in [-0.2, -0.15) is 0 Å². The molecular formula is C15H8BrClF2N2. The fourth-order valence-electron chi connectivity index (χ4n) is 2.07. The molecule has 0 aliphatic rings. The van der Waals surface area contributed by atoms with Crippen molar-refractivity contribution in [3.05, 3.63) is 70.1 Å². The van der Waals surface area contributed by atoms with Gasteiger partial charge in [-0.1, -0.05) is 17.7 Å². The molecule has 1 heterocycles. The van der Waals surface area contributed by atoms with Crippen molar-refractivity contribution in [3.8, 4) is 16.9 Å². The molecular weight excluding hydrogens is 362 g/mol. The number of nitrogens with zero attached hydrogens (tertiary/aromatic N) is 2. The van der Waals surface area contributed by atoms with Crippen LogP contribution in [0, 0.1) is 11.6 Å². The number of imidazole rings is 1. The third-order valence-corrected chi connectivity index (χ3v) is 3.86. The highest BCUT2D eigenvalue weighted by atomic mass is 79.9. The van der Waals surface area contributed by atoms with Gasteiger partial charge in [0.05, 0.1) is 11.3 Å². The molecule has 0 unspecified atom stereocenters. The highest BCUT2D eigenvalue weighted by molar-refractivity contribution is 9.10. The molecule has 1 aromatic heterocycles. The van der Waals surface area contributed by atoms with Crippen LogP contribution in [-0.4, -0.2) is 9.55 Å². The molecule has 2 aromatic carbocycles. The van der Waals surface area contributed by atoms with Crippen LogP contribution in [0.15, 0.2) is 53.4 Å². The van der Waals surface area contributed by atoms with Crippen molar-refractivity contribution in [3.63, 3.8) is 0 Å². The molecule has 0 saturated carbocycles. The average Bonchev–Trinajstić information content (AvgIpc) is 2.82. The average molecular weight is 370 g/mol. The van der Waals surface area contributed by atoms with Crippen LogP contribution in [0.1, 0.15) is 0 Å². The first-order valence-electron chi connectivity index (χ1n) is 6.01. The molecule has 0 atom stereocenters. The van der Waals surface area contributed by atoms with E-state index in [0.29, 0.717) is 21.0 Å². The summed E-state index contributed by atoms with van der Waals surface area (Å²) in [5.74, 6) is -1.29. The van der Waals surface area contributed by atoms with Gasteiger partial charge in [-0.25, -0.2) is 13.8 Å². The van der Waals surface area contributed by atoms with E-state index in [9.17, 15) is 8.78 Å². The van der Waals surface area contributed by atoms with Crippen LogP contribution in [0.2, 0.25) is 5.02 Å². The van der Waals surface area contributed by atoms with Crippen LogP contribution in [0.4, 0.5) is 8.78 Å². The lowest BCUT2D eigenvalue weighted by Crippen LogP contribution is -1.99. The van der Waals surface area contributed by atoms with Gasteiger partial charge in [0.1, 0.15) is 22.6 Å². The third-order valence-electron chi connectivity index (χ3n) is 3.03. The molecule has 21 heavy (non-hydrogen) atoms. The van der Waals surface area contributed by atoms with E-state index in [1.165, 1.54) is 24.5 Å². The van der Waals surface area contributed by atoms with E-state index in [-0.39, 0.29) is 5.56 Å². The van der Waals surface area contributed by atoms with Gasteiger partial charge in [0.15, 0.2) is 0 Å². The summed E-state index contributed by atoms with van der Waals surface area (Å²) in [5.41, 5.74) is 0.889. The zero-order valence-corrected chi connectivity index (χ0v) is 12.9. The van der Waals surface area contributed by atoms with Crippen LogP contribution >= 0.6 is 27.5 Å². The van der Waals surface area contributed by atoms with E-state index in [1.807, 2.05) is 0 Å². The Morgan fingerprint density at radius 2 is 1.62 bits per heavy atom. The van der Waals surface area contributed by atoms with Crippen LogP contribution < -0.4 is 0 Å². The minimum Gasteiger partial charge on any atom is -0.298 e. The first-order chi connectivity index (χ1) is 10.1. The zero-order chi connectivity index (χ0) is 15.0. The topological polar surface area (TPSA) is 17.8 Å². The van der Waals surface area contributed by atoms with Crippen LogP contribution in [0.25, 0.3) is 16.9 Å². The normalized spacial score (nSPS) is 10.9. The quantitative estimate of drug-likeness (QED) is 0.604. The molecule has 3 aromatic rings. The van der Waals surface area contributed by atoms with E-state index < -0.39 is 11.6 Å². The van der Waals surface area contributed by atoms with E-state index in [4.69, 9.17) is 11.6 Å². The predicted octanol–water partition coefficient (Wildman–Crippen LogP) is 5.23.